The van der Waals surface area contributed by atoms with Crippen molar-refractivity contribution in [2.75, 3.05) is 32.6 Å². The third-order valence-electron chi connectivity index (χ3n) is 3.94. The first kappa shape index (κ1) is 24.5. The van der Waals surface area contributed by atoms with E-state index >= 15 is 0 Å². The lowest BCUT2D eigenvalue weighted by atomic mass is 10.1. The van der Waals surface area contributed by atoms with Crippen LogP contribution in [-0.2, 0) is 6.54 Å². The molecule has 2 aromatic carbocycles. The Labute approximate surface area is 189 Å². The standard InChI is InChI=1S/C21H28N4O3.HI/c1-5-23-20(26)16-9-7-8-15(12-16)14-24-21(22-3)25-17-10-11-18(28-6-2)19(13-17)27-4;/h7-13H,5-6,14H2,1-4H3,(H,23,26)(H2,22,24,25);1H. The van der Waals surface area contributed by atoms with Gasteiger partial charge in [0.2, 0.25) is 0 Å². The van der Waals surface area contributed by atoms with Crippen molar-refractivity contribution in [3.05, 3.63) is 53.6 Å². The molecule has 0 aromatic heterocycles. The molecule has 0 fully saturated rings. The molecule has 0 aliphatic heterocycles. The van der Waals surface area contributed by atoms with Crippen LogP contribution in [0.15, 0.2) is 47.5 Å². The van der Waals surface area contributed by atoms with Crippen LogP contribution < -0.4 is 25.4 Å². The molecule has 0 atom stereocenters. The maximum absolute atomic E-state index is 12.0. The number of benzene rings is 2. The highest BCUT2D eigenvalue weighted by atomic mass is 127. The molecule has 0 bridgehead atoms. The summed E-state index contributed by atoms with van der Waals surface area (Å²) < 4.78 is 10.9. The van der Waals surface area contributed by atoms with E-state index in [1.165, 1.54) is 0 Å². The number of halogens is 1. The van der Waals surface area contributed by atoms with Crippen LogP contribution >= 0.6 is 24.0 Å². The molecular formula is C21H29IN4O3. The van der Waals surface area contributed by atoms with Gasteiger partial charge in [-0.2, -0.15) is 0 Å². The smallest absolute Gasteiger partial charge is 0.251 e. The Morgan fingerprint density at radius 1 is 1.07 bits per heavy atom. The number of hydrogen-bond acceptors (Lipinski definition) is 4. The highest BCUT2D eigenvalue weighted by Gasteiger charge is 2.08. The van der Waals surface area contributed by atoms with Gasteiger partial charge < -0.3 is 25.4 Å². The lowest BCUT2D eigenvalue weighted by Gasteiger charge is -2.15. The number of anilines is 1. The van der Waals surface area contributed by atoms with Crippen molar-refractivity contribution in [2.24, 2.45) is 4.99 Å². The summed E-state index contributed by atoms with van der Waals surface area (Å²) in [6, 6.07) is 13.1. The van der Waals surface area contributed by atoms with Gasteiger partial charge in [0.05, 0.1) is 13.7 Å². The van der Waals surface area contributed by atoms with Crippen LogP contribution in [0, 0.1) is 0 Å². The topological polar surface area (TPSA) is 84.0 Å². The van der Waals surface area contributed by atoms with E-state index in [0.717, 1.165) is 11.3 Å². The van der Waals surface area contributed by atoms with Gasteiger partial charge in [-0.1, -0.05) is 12.1 Å². The molecule has 0 aliphatic carbocycles. The lowest BCUT2D eigenvalue weighted by Crippen LogP contribution is -2.30. The molecule has 0 radical (unpaired) electrons. The molecule has 0 heterocycles. The summed E-state index contributed by atoms with van der Waals surface area (Å²) in [5, 5.41) is 9.27. The van der Waals surface area contributed by atoms with E-state index in [-0.39, 0.29) is 29.9 Å². The quantitative estimate of drug-likeness (QED) is 0.286. The summed E-state index contributed by atoms with van der Waals surface area (Å²) >= 11 is 0. The molecule has 2 aromatic rings. The highest BCUT2D eigenvalue weighted by molar-refractivity contribution is 14.0. The SMILES string of the molecule is CCNC(=O)c1cccc(CNC(=NC)Nc2ccc(OCC)c(OC)c2)c1.I. The molecule has 1 amide bonds. The maximum Gasteiger partial charge on any atom is 0.251 e. The molecule has 158 valence electrons. The van der Waals surface area contributed by atoms with Gasteiger partial charge in [-0.05, 0) is 43.7 Å². The Morgan fingerprint density at radius 3 is 2.52 bits per heavy atom. The minimum atomic E-state index is -0.0756. The van der Waals surface area contributed by atoms with Crippen molar-refractivity contribution in [3.8, 4) is 11.5 Å². The first-order valence-corrected chi connectivity index (χ1v) is 9.26. The largest absolute Gasteiger partial charge is 0.493 e. The number of rotatable bonds is 8. The van der Waals surface area contributed by atoms with Gasteiger partial charge in [-0.3, -0.25) is 9.79 Å². The van der Waals surface area contributed by atoms with Crippen LogP contribution in [0.25, 0.3) is 0 Å². The molecular weight excluding hydrogens is 483 g/mol. The number of methoxy groups -OCH3 is 1. The van der Waals surface area contributed by atoms with Gasteiger partial charge in [0, 0.05) is 37.5 Å². The number of guanidine groups is 1. The van der Waals surface area contributed by atoms with Gasteiger partial charge in [-0.15, -0.1) is 24.0 Å². The minimum absolute atomic E-state index is 0. The summed E-state index contributed by atoms with van der Waals surface area (Å²) in [7, 11) is 3.31. The van der Waals surface area contributed by atoms with E-state index < -0.39 is 0 Å². The molecule has 0 aliphatic rings. The van der Waals surface area contributed by atoms with E-state index in [2.05, 4.69) is 20.9 Å². The summed E-state index contributed by atoms with van der Waals surface area (Å²) in [4.78, 5) is 16.2. The Bertz CT molecular complexity index is 827. The molecule has 0 saturated heterocycles. The van der Waals surface area contributed by atoms with Crippen LogP contribution in [0.1, 0.15) is 29.8 Å². The van der Waals surface area contributed by atoms with Crippen LogP contribution in [0.2, 0.25) is 0 Å². The third-order valence-corrected chi connectivity index (χ3v) is 3.94. The number of hydrogen-bond donors (Lipinski definition) is 3. The second-order valence-corrected chi connectivity index (χ2v) is 5.91. The van der Waals surface area contributed by atoms with Crippen LogP contribution in [0.5, 0.6) is 11.5 Å². The summed E-state index contributed by atoms with van der Waals surface area (Å²) in [6.45, 7) is 5.53. The third kappa shape index (κ3) is 7.45. The number of carbonyl (C=O) groups excluding carboxylic acids is 1. The van der Waals surface area contributed by atoms with Gasteiger partial charge in [0.1, 0.15) is 0 Å². The van der Waals surface area contributed by atoms with Crippen molar-refractivity contribution in [2.45, 2.75) is 20.4 Å². The van der Waals surface area contributed by atoms with Crippen LogP contribution in [0.4, 0.5) is 5.69 Å². The Kier molecular flexibility index (Phi) is 10.9. The number of amides is 1. The van der Waals surface area contributed by atoms with E-state index in [9.17, 15) is 4.79 Å². The number of ether oxygens (including phenoxy) is 2. The van der Waals surface area contributed by atoms with Gasteiger partial charge >= 0.3 is 0 Å². The van der Waals surface area contributed by atoms with E-state index in [4.69, 9.17) is 9.47 Å². The Balaban J connectivity index is 0.00000420. The minimum Gasteiger partial charge on any atom is -0.493 e. The summed E-state index contributed by atoms with van der Waals surface area (Å²) in [5.74, 6) is 1.88. The molecule has 3 N–H and O–H groups in total. The highest BCUT2D eigenvalue weighted by Crippen LogP contribution is 2.30. The molecule has 0 unspecified atom stereocenters. The zero-order valence-corrected chi connectivity index (χ0v) is 19.6. The predicted octanol–water partition coefficient (Wildman–Crippen LogP) is 3.65. The van der Waals surface area contributed by atoms with E-state index in [1.807, 2.05) is 50.2 Å². The molecule has 7 nitrogen and oxygen atoms in total. The number of nitrogens with one attached hydrogen (secondary N) is 3. The van der Waals surface area contributed by atoms with Crippen LogP contribution in [-0.4, -0.2) is 39.2 Å². The van der Waals surface area contributed by atoms with E-state index in [1.54, 1.807) is 20.2 Å². The number of aliphatic imine (C=N–C) groups is 1. The second kappa shape index (κ2) is 12.9. The predicted molar refractivity (Wildman–Crippen MR) is 128 cm³/mol. The summed E-state index contributed by atoms with van der Waals surface area (Å²) in [5.41, 5.74) is 2.45. The average Bonchev–Trinajstić information content (AvgIpc) is 2.72. The fourth-order valence-electron chi connectivity index (χ4n) is 2.61. The fourth-order valence-corrected chi connectivity index (χ4v) is 2.61. The molecule has 8 heteroatoms. The summed E-state index contributed by atoms with van der Waals surface area (Å²) in [6.07, 6.45) is 0. The van der Waals surface area contributed by atoms with Gasteiger partial charge in [-0.25, -0.2) is 0 Å². The maximum atomic E-state index is 12.0. The Morgan fingerprint density at radius 2 is 1.86 bits per heavy atom. The normalized spacial score (nSPS) is 10.6. The van der Waals surface area contributed by atoms with Crippen molar-refractivity contribution in [3.63, 3.8) is 0 Å². The van der Waals surface area contributed by atoms with Crippen molar-refractivity contribution >= 4 is 41.5 Å². The van der Waals surface area contributed by atoms with E-state index in [0.29, 0.717) is 42.7 Å². The average molecular weight is 512 g/mol. The zero-order chi connectivity index (χ0) is 20.4. The lowest BCUT2D eigenvalue weighted by molar-refractivity contribution is 0.0955. The number of carbonyl (C=O) groups is 1. The Hall–Kier alpha value is -2.49. The van der Waals surface area contributed by atoms with Crippen molar-refractivity contribution in [1.82, 2.24) is 10.6 Å². The van der Waals surface area contributed by atoms with Crippen molar-refractivity contribution in [1.29, 1.82) is 0 Å². The van der Waals surface area contributed by atoms with Gasteiger partial charge in [0.25, 0.3) is 5.91 Å². The molecule has 29 heavy (non-hydrogen) atoms. The second-order valence-electron chi connectivity index (χ2n) is 5.91. The first-order chi connectivity index (χ1) is 13.6. The first-order valence-electron chi connectivity index (χ1n) is 9.26. The molecule has 2 rings (SSSR count). The molecule has 0 saturated carbocycles. The molecule has 0 spiro atoms. The van der Waals surface area contributed by atoms with Crippen molar-refractivity contribution < 1.29 is 14.3 Å². The fraction of sp³-hybridized carbons (Fsp3) is 0.333. The monoisotopic (exact) mass is 512 g/mol. The number of nitrogens with zero attached hydrogens (tertiary/aromatic N) is 1. The van der Waals surface area contributed by atoms with Crippen LogP contribution in [0.3, 0.4) is 0 Å². The van der Waals surface area contributed by atoms with Gasteiger partial charge in [0.15, 0.2) is 17.5 Å². The zero-order valence-electron chi connectivity index (χ0n) is 17.2.